The van der Waals surface area contributed by atoms with Crippen LogP contribution in [0.1, 0.15) is 47.0 Å². The monoisotopic (exact) mass is 244 g/mol. The predicted molar refractivity (Wildman–Crippen MR) is 71.1 cm³/mol. The van der Waals surface area contributed by atoms with Gasteiger partial charge in [-0.2, -0.15) is 0 Å². The Kier molecular flexibility index (Phi) is 10.2. The van der Waals surface area contributed by atoms with Gasteiger partial charge >= 0.3 is 0 Å². The number of unbranched alkanes of at least 4 members (excludes halogenated alkanes) is 2. The second-order valence-electron chi connectivity index (χ2n) is 4.45. The molecule has 0 aromatic rings. The third-order valence-electron chi connectivity index (χ3n) is 2.58. The zero-order valence-corrected chi connectivity index (χ0v) is 11.7. The molecular weight excluding hydrogens is 216 g/mol. The van der Waals surface area contributed by atoms with Gasteiger partial charge in [-0.05, 0) is 27.2 Å². The second kappa shape index (κ2) is 10.5. The molecule has 0 fully saturated rings. The van der Waals surface area contributed by atoms with E-state index in [1.54, 1.807) is 0 Å². The number of rotatable bonds is 10. The quantitative estimate of drug-likeness (QED) is 0.575. The molecular formula is C13H28N2O2. The largest absolute Gasteiger partial charge is 0.380 e. The summed E-state index contributed by atoms with van der Waals surface area (Å²) >= 11 is 0. The number of hydrogen-bond acceptors (Lipinski definition) is 3. The van der Waals surface area contributed by atoms with Crippen molar-refractivity contribution in [3.05, 3.63) is 0 Å². The number of carbonyl (C=O) groups excluding carboxylic acids is 1. The number of nitrogens with one attached hydrogen (secondary N) is 2. The van der Waals surface area contributed by atoms with E-state index in [0.29, 0.717) is 13.2 Å². The highest BCUT2D eigenvalue weighted by Crippen LogP contribution is 1.93. The van der Waals surface area contributed by atoms with Gasteiger partial charge < -0.3 is 15.4 Å². The summed E-state index contributed by atoms with van der Waals surface area (Å²) < 4.78 is 5.29. The fourth-order valence-corrected chi connectivity index (χ4v) is 1.58. The summed E-state index contributed by atoms with van der Waals surface area (Å²) in [5.74, 6) is 0.0736. The van der Waals surface area contributed by atoms with Crippen molar-refractivity contribution in [3.8, 4) is 0 Å². The summed E-state index contributed by atoms with van der Waals surface area (Å²) in [7, 11) is 0. The summed E-state index contributed by atoms with van der Waals surface area (Å²) in [6.45, 7) is 10.2. The van der Waals surface area contributed by atoms with Crippen molar-refractivity contribution in [1.29, 1.82) is 0 Å². The number of amides is 1. The average Bonchev–Trinajstić information content (AvgIpc) is 2.31. The van der Waals surface area contributed by atoms with Crippen LogP contribution < -0.4 is 10.6 Å². The van der Waals surface area contributed by atoms with Crippen LogP contribution in [0.4, 0.5) is 0 Å². The average molecular weight is 244 g/mol. The lowest BCUT2D eigenvalue weighted by atomic mass is 10.2. The molecule has 102 valence electrons. The molecule has 0 saturated heterocycles. The molecule has 0 aliphatic heterocycles. The molecule has 0 aromatic carbocycles. The number of ether oxygens (including phenoxy) is 1. The first kappa shape index (κ1) is 16.4. The highest BCUT2D eigenvalue weighted by molar-refractivity contribution is 5.81. The molecule has 0 saturated carbocycles. The number of hydrogen-bond donors (Lipinski definition) is 2. The van der Waals surface area contributed by atoms with Crippen molar-refractivity contribution in [1.82, 2.24) is 10.6 Å². The van der Waals surface area contributed by atoms with Crippen molar-refractivity contribution in [2.75, 3.05) is 19.8 Å². The maximum atomic E-state index is 11.7. The van der Waals surface area contributed by atoms with Crippen LogP contribution in [0.15, 0.2) is 0 Å². The molecule has 0 aliphatic rings. The molecule has 17 heavy (non-hydrogen) atoms. The lowest BCUT2D eigenvalue weighted by molar-refractivity contribution is -0.123. The number of carbonyl (C=O) groups is 1. The minimum absolute atomic E-state index is 0.0736. The van der Waals surface area contributed by atoms with Crippen molar-refractivity contribution >= 4 is 5.91 Å². The van der Waals surface area contributed by atoms with E-state index < -0.39 is 0 Å². The Morgan fingerprint density at radius 1 is 1.24 bits per heavy atom. The van der Waals surface area contributed by atoms with Crippen molar-refractivity contribution in [2.24, 2.45) is 0 Å². The van der Waals surface area contributed by atoms with Gasteiger partial charge in [-0.1, -0.05) is 19.8 Å². The van der Waals surface area contributed by atoms with Gasteiger partial charge in [-0.3, -0.25) is 4.79 Å². The first-order chi connectivity index (χ1) is 8.11. The smallest absolute Gasteiger partial charge is 0.236 e. The molecule has 0 bridgehead atoms. The molecule has 1 amide bonds. The Hall–Kier alpha value is -0.610. The van der Waals surface area contributed by atoms with Crippen molar-refractivity contribution in [3.63, 3.8) is 0 Å². The standard InChI is InChI=1S/C13H28N2O2/c1-5-7-8-9-14-13(16)12(4)15-11(3)10-17-6-2/h11-12,15H,5-10H2,1-4H3,(H,14,16). The van der Waals surface area contributed by atoms with Gasteiger partial charge in [0.2, 0.25) is 5.91 Å². The Labute approximate surface area is 105 Å². The molecule has 0 aromatic heterocycles. The zero-order valence-electron chi connectivity index (χ0n) is 11.7. The van der Waals surface area contributed by atoms with Gasteiger partial charge in [0.1, 0.15) is 0 Å². The van der Waals surface area contributed by atoms with Gasteiger partial charge in [0.05, 0.1) is 12.6 Å². The van der Waals surface area contributed by atoms with E-state index >= 15 is 0 Å². The van der Waals surface area contributed by atoms with Crippen molar-refractivity contribution in [2.45, 2.75) is 59.0 Å². The third-order valence-corrected chi connectivity index (χ3v) is 2.58. The van der Waals surface area contributed by atoms with E-state index in [-0.39, 0.29) is 18.0 Å². The normalized spacial score (nSPS) is 14.4. The third kappa shape index (κ3) is 9.12. The van der Waals surface area contributed by atoms with Gasteiger partial charge in [-0.15, -0.1) is 0 Å². The summed E-state index contributed by atoms with van der Waals surface area (Å²) in [4.78, 5) is 11.7. The van der Waals surface area contributed by atoms with Gasteiger partial charge in [-0.25, -0.2) is 0 Å². The molecule has 0 heterocycles. The van der Waals surface area contributed by atoms with Crippen LogP contribution in [0.2, 0.25) is 0 Å². The Bertz CT molecular complexity index is 198. The van der Waals surface area contributed by atoms with Crippen LogP contribution in [0.5, 0.6) is 0 Å². The summed E-state index contributed by atoms with van der Waals surface area (Å²) in [5, 5.41) is 6.15. The van der Waals surface area contributed by atoms with Crippen LogP contribution in [-0.2, 0) is 9.53 Å². The molecule has 2 atom stereocenters. The van der Waals surface area contributed by atoms with E-state index in [4.69, 9.17) is 4.74 Å². The van der Waals surface area contributed by atoms with Gasteiger partial charge in [0.25, 0.3) is 0 Å². The van der Waals surface area contributed by atoms with E-state index in [9.17, 15) is 4.79 Å². The molecule has 2 N–H and O–H groups in total. The van der Waals surface area contributed by atoms with E-state index in [1.807, 2.05) is 20.8 Å². The fraction of sp³-hybridized carbons (Fsp3) is 0.923. The lowest BCUT2D eigenvalue weighted by Gasteiger charge is -2.19. The molecule has 0 radical (unpaired) electrons. The van der Waals surface area contributed by atoms with Crippen LogP contribution in [0.3, 0.4) is 0 Å². The first-order valence-electron chi connectivity index (χ1n) is 6.73. The molecule has 4 nitrogen and oxygen atoms in total. The minimum Gasteiger partial charge on any atom is -0.380 e. The molecule has 2 unspecified atom stereocenters. The Morgan fingerprint density at radius 3 is 2.53 bits per heavy atom. The molecule has 0 rings (SSSR count). The maximum absolute atomic E-state index is 11.7. The highest BCUT2D eigenvalue weighted by atomic mass is 16.5. The SMILES string of the molecule is CCCCCNC(=O)C(C)NC(C)COCC. The highest BCUT2D eigenvalue weighted by Gasteiger charge is 2.14. The molecule has 0 aliphatic carbocycles. The lowest BCUT2D eigenvalue weighted by Crippen LogP contribution is -2.47. The van der Waals surface area contributed by atoms with E-state index in [0.717, 1.165) is 13.0 Å². The fourth-order valence-electron chi connectivity index (χ4n) is 1.58. The molecule has 0 spiro atoms. The van der Waals surface area contributed by atoms with E-state index in [1.165, 1.54) is 12.8 Å². The summed E-state index contributed by atoms with van der Waals surface area (Å²) in [6.07, 6.45) is 3.40. The van der Waals surface area contributed by atoms with Gasteiger partial charge in [0.15, 0.2) is 0 Å². The zero-order chi connectivity index (χ0) is 13.1. The Morgan fingerprint density at radius 2 is 1.94 bits per heavy atom. The van der Waals surface area contributed by atoms with Crippen LogP contribution >= 0.6 is 0 Å². The summed E-state index contributed by atoms with van der Waals surface area (Å²) in [5.41, 5.74) is 0. The van der Waals surface area contributed by atoms with E-state index in [2.05, 4.69) is 17.6 Å². The van der Waals surface area contributed by atoms with Crippen LogP contribution in [-0.4, -0.2) is 37.7 Å². The maximum Gasteiger partial charge on any atom is 0.236 e. The van der Waals surface area contributed by atoms with Crippen molar-refractivity contribution < 1.29 is 9.53 Å². The van der Waals surface area contributed by atoms with Crippen LogP contribution in [0.25, 0.3) is 0 Å². The first-order valence-corrected chi connectivity index (χ1v) is 6.73. The van der Waals surface area contributed by atoms with Gasteiger partial charge in [0, 0.05) is 19.2 Å². The predicted octanol–water partition coefficient (Wildman–Crippen LogP) is 1.70. The summed E-state index contributed by atoms with van der Waals surface area (Å²) in [6, 6.07) is 0.0402. The topological polar surface area (TPSA) is 50.4 Å². The van der Waals surface area contributed by atoms with Crippen LogP contribution in [0, 0.1) is 0 Å². The second-order valence-corrected chi connectivity index (χ2v) is 4.45. The minimum atomic E-state index is -0.160. The Balaban J connectivity index is 3.65. The molecule has 4 heteroatoms.